The van der Waals surface area contributed by atoms with Crippen LogP contribution in [0.2, 0.25) is 0 Å². The Balaban J connectivity index is 0.000000141. The number of rotatable bonds is 12. The van der Waals surface area contributed by atoms with Gasteiger partial charge in [0.2, 0.25) is 0 Å². The summed E-state index contributed by atoms with van der Waals surface area (Å²) in [6.45, 7) is 46.8. The summed E-state index contributed by atoms with van der Waals surface area (Å²) in [5.41, 5.74) is 22.3. The number of benzene rings is 16. The van der Waals surface area contributed by atoms with Crippen molar-refractivity contribution in [1.29, 1.82) is 0 Å². The minimum absolute atomic E-state index is 0.143. The van der Waals surface area contributed by atoms with Gasteiger partial charge in [0, 0.05) is 73.5 Å². The van der Waals surface area contributed by atoms with E-state index in [0.29, 0.717) is 55.6 Å². The van der Waals surface area contributed by atoms with Crippen LogP contribution in [-0.4, -0.2) is 51.1 Å². The quantitative estimate of drug-likeness (QED) is 0.0561. The molecule has 0 fully saturated rings. The third-order valence-corrected chi connectivity index (χ3v) is 26.8. The molecule has 0 radical (unpaired) electrons. The van der Waals surface area contributed by atoms with E-state index < -0.39 is 0 Å². The summed E-state index contributed by atoms with van der Waals surface area (Å²) in [4.78, 5) is 0. The molecule has 0 aliphatic rings. The largest absolute Gasteiger partial charge is 0.507 e. The standard InChI is InChI=1S/C24H19BrO2.C22H15BrO2.C22H27BrO2.C22H16O2.C20H23BrO2/c1-4-15-5-7-19-16(11-15)9-13(2)23(26)21(19)22-20-8-6-18(25)12-17(20)10-14(3)24(22)27;1-2-13-3-7-17-14(11-13)4-9-19(24)21(17)22-18-8-6-16(23)12-15(18)5-10-20(22)25;1-8-15-9-16(11(2)3)21(24)19(13(15)6)20-14(7)18(23)10-17(12(4)5)22(20)25;1-2-14-7-10-18-16(13-14)9-12-20(24)22(18)21-17-6-4-3-5-15(17)8-11-19(21)23;1-8-15-9(2)11(4)19(22)16(13(15)6)17-14(7)18(21)10(3)12(5)20(17)23/h4-12,26-27H,1H2,2-3H3;2-12,24-25H,1H2;8-12,24-25H,1H2,2-7H3;2-13,23-24H,1H2;8,22-23H,1H2,2-7H3. The first-order chi connectivity index (χ1) is 58.9. The van der Waals surface area contributed by atoms with E-state index in [9.17, 15) is 51.1 Å². The number of phenols is 10. The second-order valence-corrected chi connectivity index (χ2v) is 35.5. The molecule has 628 valence electrons. The molecule has 0 aliphatic heterocycles. The second-order valence-electron chi connectivity index (χ2n) is 32.0. The zero-order valence-corrected chi connectivity index (χ0v) is 78.3. The van der Waals surface area contributed by atoms with Gasteiger partial charge in [0.05, 0.1) is 0 Å². The molecule has 0 bridgehead atoms. The van der Waals surface area contributed by atoms with Crippen molar-refractivity contribution < 1.29 is 51.1 Å². The van der Waals surface area contributed by atoms with E-state index in [2.05, 4.69) is 96.6 Å². The molecule has 0 saturated heterocycles. The van der Waals surface area contributed by atoms with E-state index >= 15 is 0 Å². The molecule has 16 aromatic carbocycles. The SMILES string of the molecule is C=Cc1c(C)c(C)c(O)c(-c2c(C)c(Br)c(C)c(C)c2O)c1C.C=Cc1cc(C(C)C)c(O)c(-c2c(C)c(Br)cc(C(C)C)c2O)c1C.C=Cc1ccc2c(-c3c(O)c(C)cc4cc(Br)ccc34)c(O)c(C)cc2c1.C=Cc1ccc2c(-c3c(O)ccc4cc(Br)ccc34)c(O)ccc2c1.C=Cc1ccc2c(-c3c(O)ccc4ccccc34)c(O)ccc2c1. The average molecular weight is 1900 g/mol. The van der Waals surface area contributed by atoms with Crippen LogP contribution in [0.5, 0.6) is 57.5 Å². The lowest BCUT2D eigenvalue weighted by Gasteiger charge is -2.22. The zero-order valence-electron chi connectivity index (χ0n) is 72.0. The fourth-order valence-corrected chi connectivity index (χ4v) is 18.4. The van der Waals surface area contributed by atoms with Crippen molar-refractivity contribution in [2.24, 2.45) is 0 Å². The fourth-order valence-electron chi connectivity index (χ4n) is 16.7. The van der Waals surface area contributed by atoms with Crippen molar-refractivity contribution >= 4 is 159 Å². The number of aryl methyl sites for hydroxylation is 2. The zero-order chi connectivity index (χ0) is 90.2. The molecule has 0 unspecified atom stereocenters. The van der Waals surface area contributed by atoms with Crippen molar-refractivity contribution in [3.05, 3.63) is 333 Å². The molecule has 10 N–H and O–H groups in total. The highest BCUT2D eigenvalue weighted by Crippen LogP contribution is 2.54. The number of hydrogen-bond acceptors (Lipinski definition) is 10. The molecule has 0 amide bonds. The molecule has 0 saturated carbocycles. The van der Waals surface area contributed by atoms with Crippen LogP contribution in [0.3, 0.4) is 0 Å². The third kappa shape index (κ3) is 17.3. The predicted molar refractivity (Wildman–Crippen MR) is 538 cm³/mol. The van der Waals surface area contributed by atoms with E-state index in [-0.39, 0.29) is 69.3 Å². The lowest BCUT2D eigenvalue weighted by molar-refractivity contribution is 0.457. The fraction of sp³-hybridized carbons (Fsp3) is 0.145. The van der Waals surface area contributed by atoms with Crippen LogP contribution < -0.4 is 0 Å². The van der Waals surface area contributed by atoms with Crippen LogP contribution in [-0.2, 0) is 0 Å². The van der Waals surface area contributed by atoms with Crippen molar-refractivity contribution in [3.8, 4) is 113 Å². The Bertz CT molecular complexity index is 7060. The summed E-state index contributed by atoms with van der Waals surface area (Å²) in [6, 6.07) is 59.6. The topological polar surface area (TPSA) is 202 Å². The van der Waals surface area contributed by atoms with Crippen LogP contribution in [0.15, 0.2) is 239 Å². The van der Waals surface area contributed by atoms with Crippen molar-refractivity contribution in [2.45, 2.75) is 109 Å². The smallest absolute Gasteiger partial charge is 0.127 e. The highest BCUT2D eigenvalue weighted by molar-refractivity contribution is 9.11. The third-order valence-electron chi connectivity index (χ3n) is 23.8. The summed E-state index contributed by atoms with van der Waals surface area (Å²) in [5.74, 6) is 2.24. The normalized spacial score (nSPS) is 11.1. The van der Waals surface area contributed by atoms with E-state index in [1.165, 1.54) is 0 Å². The Hall–Kier alpha value is -12.3. The summed E-state index contributed by atoms with van der Waals surface area (Å²) < 4.78 is 3.83. The van der Waals surface area contributed by atoms with Crippen molar-refractivity contribution in [1.82, 2.24) is 0 Å². The van der Waals surface area contributed by atoms with E-state index in [1.54, 1.807) is 48.6 Å². The van der Waals surface area contributed by atoms with Crippen LogP contribution >= 0.6 is 63.7 Å². The average Bonchev–Trinajstić information content (AvgIpc) is 0.752. The molecule has 16 rings (SSSR count). The van der Waals surface area contributed by atoms with E-state index in [4.69, 9.17) is 0 Å². The molecule has 14 heteroatoms. The second kappa shape index (κ2) is 37.4. The Morgan fingerprint density at radius 2 is 0.605 bits per heavy atom. The molecular weight excluding hydrogens is 1800 g/mol. The molecule has 0 atom stereocenters. The minimum Gasteiger partial charge on any atom is -0.507 e. The monoisotopic (exact) mass is 1900 g/mol. The molecule has 10 nitrogen and oxygen atoms in total. The molecule has 124 heavy (non-hydrogen) atoms. The Morgan fingerprint density at radius 1 is 0.258 bits per heavy atom. The lowest BCUT2D eigenvalue weighted by Crippen LogP contribution is -2.00. The maximum Gasteiger partial charge on any atom is 0.127 e. The summed E-state index contributed by atoms with van der Waals surface area (Å²) in [5, 5.41) is 119. The van der Waals surface area contributed by atoms with Crippen molar-refractivity contribution in [3.63, 3.8) is 0 Å². The minimum atomic E-state index is 0.143. The molecule has 16 aromatic rings. The van der Waals surface area contributed by atoms with Crippen LogP contribution in [0.25, 0.3) is 151 Å². The van der Waals surface area contributed by atoms with Crippen LogP contribution in [0, 0.1) is 69.2 Å². The Kier molecular flexibility index (Phi) is 27.4. The van der Waals surface area contributed by atoms with Gasteiger partial charge in [-0.1, -0.05) is 252 Å². The van der Waals surface area contributed by atoms with Crippen LogP contribution in [0.1, 0.15) is 134 Å². The number of halogens is 4. The van der Waals surface area contributed by atoms with Gasteiger partial charge in [0.1, 0.15) is 57.5 Å². The van der Waals surface area contributed by atoms with E-state index in [1.807, 2.05) is 267 Å². The van der Waals surface area contributed by atoms with Crippen molar-refractivity contribution in [2.75, 3.05) is 0 Å². The van der Waals surface area contributed by atoms with Gasteiger partial charge in [0.15, 0.2) is 0 Å². The first kappa shape index (κ1) is 90.9. The van der Waals surface area contributed by atoms with Gasteiger partial charge < -0.3 is 51.1 Å². The summed E-state index contributed by atoms with van der Waals surface area (Å²) in [6.07, 6.45) is 9.00. The van der Waals surface area contributed by atoms with Gasteiger partial charge in [0.25, 0.3) is 0 Å². The number of phenolic OH excluding ortho intramolecular Hbond substituents is 10. The maximum absolute atomic E-state index is 11.0. The molecule has 0 spiro atoms. The maximum atomic E-state index is 11.0. The number of fused-ring (bicyclic) bond motifs is 6. The molecule has 0 aromatic heterocycles. The van der Waals surface area contributed by atoms with Gasteiger partial charge in [-0.15, -0.1) is 0 Å². The first-order valence-corrected chi connectivity index (χ1v) is 43.8. The summed E-state index contributed by atoms with van der Waals surface area (Å²) >= 11 is 14.2. The first-order valence-electron chi connectivity index (χ1n) is 40.6. The predicted octanol–water partition coefficient (Wildman–Crippen LogP) is 32.3. The van der Waals surface area contributed by atoms with Crippen LogP contribution in [0.4, 0.5) is 0 Å². The highest BCUT2D eigenvalue weighted by atomic mass is 79.9. The number of hydrogen-bond donors (Lipinski definition) is 10. The van der Waals surface area contributed by atoms with E-state index in [0.717, 1.165) is 177 Å². The molecular formula is C110H100Br4O10. The molecule has 0 heterocycles. The number of aromatic hydroxyl groups is 10. The Labute approximate surface area is 759 Å². The van der Waals surface area contributed by atoms with Gasteiger partial charge in [-0.2, -0.15) is 0 Å². The summed E-state index contributed by atoms with van der Waals surface area (Å²) in [7, 11) is 0. The highest BCUT2D eigenvalue weighted by Gasteiger charge is 2.29. The van der Waals surface area contributed by atoms with Gasteiger partial charge in [-0.05, 0) is 331 Å². The van der Waals surface area contributed by atoms with Gasteiger partial charge >= 0.3 is 0 Å². The molecule has 0 aliphatic carbocycles. The van der Waals surface area contributed by atoms with Gasteiger partial charge in [-0.3, -0.25) is 0 Å². The lowest BCUT2D eigenvalue weighted by atomic mass is 9.85. The Morgan fingerprint density at radius 3 is 1.03 bits per heavy atom. The van der Waals surface area contributed by atoms with Gasteiger partial charge in [-0.25, -0.2) is 0 Å².